The van der Waals surface area contributed by atoms with E-state index < -0.39 is 0 Å². The van der Waals surface area contributed by atoms with Crippen molar-refractivity contribution in [3.05, 3.63) is 29.8 Å². The van der Waals surface area contributed by atoms with Crippen molar-refractivity contribution in [1.29, 1.82) is 0 Å². The van der Waals surface area contributed by atoms with E-state index in [1.807, 2.05) is 12.1 Å². The molecule has 1 aromatic rings. The van der Waals surface area contributed by atoms with Crippen LogP contribution in [0, 0.1) is 5.41 Å². The molecule has 3 nitrogen and oxygen atoms in total. The van der Waals surface area contributed by atoms with Crippen LogP contribution in [-0.4, -0.2) is 38.2 Å². The van der Waals surface area contributed by atoms with Crippen LogP contribution >= 0.6 is 0 Å². The summed E-state index contributed by atoms with van der Waals surface area (Å²) in [5.41, 5.74) is 7.55. The standard InChI is InChI=1S/C16H26N2O/c1-13(18(2)12-16(11-17)8-9-16)10-14-6-4-5-7-15(14)19-3/h4-7,13H,8-12,17H2,1-3H3. The number of hydrogen-bond acceptors (Lipinski definition) is 3. The van der Waals surface area contributed by atoms with Crippen molar-refractivity contribution in [2.24, 2.45) is 11.1 Å². The van der Waals surface area contributed by atoms with Crippen LogP contribution in [0.5, 0.6) is 5.75 Å². The van der Waals surface area contributed by atoms with Gasteiger partial charge in [0.2, 0.25) is 0 Å². The lowest BCUT2D eigenvalue weighted by molar-refractivity contribution is 0.208. The second-order valence-corrected chi connectivity index (χ2v) is 5.98. The molecule has 0 saturated heterocycles. The first-order valence-electron chi connectivity index (χ1n) is 7.12. The Morgan fingerprint density at radius 3 is 2.63 bits per heavy atom. The minimum atomic E-state index is 0.407. The first-order valence-corrected chi connectivity index (χ1v) is 7.12. The van der Waals surface area contributed by atoms with Gasteiger partial charge >= 0.3 is 0 Å². The first kappa shape index (κ1) is 14.4. The molecule has 3 heteroatoms. The molecule has 106 valence electrons. The highest BCUT2D eigenvalue weighted by molar-refractivity contribution is 5.33. The summed E-state index contributed by atoms with van der Waals surface area (Å²) in [5.74, 6) is 0.989. The minimum absolute atomic E-state index is 0.407. The zero-order chi connectivity index (χ0) is 13.9. The SMILES string of the molecule is COc1ccccc1CC(C)N(C)CC1(CN)CC1. The van der Waals surface area contributed by atoms with E-state index in [9.17, 15) is 0 Å². The van der Waals surface area contributed by atoms with Gasteiger partial charge in [0.25, 0.3) is 0 Å². The maximum atomic E-state index is 5.87. The molecule has 1 aliphatic carbocycles. The van der Waals surface area contributed by atoms with Gasteiger partial charge in [-0.25, -0.2) is 0 Å². The molecule has 0 aromatic heterocycles. The van der Waals surface area contributed by atoms with Crippen LogP contribution in [0.2, 0.25) is 0 Å². The zero-order valence-electron chi connectivity index (χ0n) is 12.4. The molecular weight excluding hydrogens is 236 g/mol. The number of methoxy groups -OCH3 is 1. The molecule has 0 bridgehead atoms. The smallest absolute Gasteiger partial charge is 0.122 e. The first-order chi connectivity index (χ1) is 9.10. The maximum absolute atomic E-state index is 5.87. The highest BCUT2D eigenvalue weighted by Gasteiger charge is 2.42. The Kier molecular flexibility index (Phi) is 4.48. The van der Waals surface area contributed by atoms with Gasteiger partial charge in [0, 0.05) is 12.6 Å². The van der Waals surface area contributed by atoms with E-state index in [0.717, 1.165) is 25.3 Å². The Morgan fingerprint density at radius 2 is 2.05 bits per heavy atom. The van der Waals surface area contributed by atoms with E-state index >= 15 is 0 Å². The summed E-state index contributed by atoms with van der Waals surface area (Å²) in [6.45, 7) is 4.21. The summed E-state index contributed by atoms with van der Waals surface area (Å²) in [6, 6.07) is 8.78. The fourth-order valence-corrected chi connectivity index (χ4v) is 2.63. The number of likely N-dealkylation sites (N-methyl/N-ethyl adjacent to an activating group) is 1. The number of ether oxygens (including phenoxy) is 1. The third-order valence-electron chi connectivity index (χ3n) is 4.44. The summed E-state index contributed by atoms with van der Waals surface area (Å²) in [4.78, 5) is 2.44. The van der Waals surface area contributed by atoms with Gasteiger partial charge in [0.1, 0.15) is 5.75 Å². The molecule has 0 heterocycles. The van der Waals surface area contributed by atoms with Gasteiger partial charge in [-0.1, -0.05) is 18.2 Å². The second-order valence-electron chi connectivity index (χ2n) is 5.98. The summed E-state index contributed by atoms with van der Waals surface area (Å²) in [5, 5.41) is 0. The van der Waals surface area contributed by atoms with Crippen molar-refractivity contribution in [1.82, 2.24) is 4.90 Å². The van der Waals surface area contributed by atoms with Crippen LogP contribution in [0.1, 0.15) is 25.3 Å². The van der Waals surface area contributed by atoms with Gasteiger partial charge in [0.15, 0.2) is 0 Å². The molecular formula is C16H26N2O. The number of nitrogens with zero attached hydrogens (tertiary/aromatic N) is 1. The van der Waals surface area contributed by atoms with E-state index in [4.69, 9.17) is 10.5 Å². The number of benzene rings is 1. The average Bonchev–Trinajstić information content (AvgIpc) is 3.19. The quantitative estimate of drug-likeness (QED) is 0.819. The van der Waals surface area contributed by atoms with Gasteiger partial charge < -0.3 is 15.4 Å². The summed E-state index contributed by atoms with van der Waals surface area (Å²) in [7, 11) is 3.94. The normalized spacial score (nSPS) is 18.4. The van der Waals surface area contributed by atoms with E-state index in [1.54, 1.807) is 7.11 Å². The second kappa shape index (κ2) is 5.93. The van der Waals surface area contributed by atoms with E-state index in [1.165, 1.54) is 18.4 Å². The molecule has 1 atom stereocenters. The molecule has 19 heavy (non-hydrogen) atoms. The predicted octanol–water partition coefficient (Wildman–Crippen LogP) is 2.30. The van der Waals surface area contributed by atoms with Gasteiger partial charge in [-0.15, -0.1) is 0 Å². The van der Waals surface area contributed by atoms with Crippen LogP contribution in [-0.2, 0) is 6.42 Å². The fraction of sp³-hybridized carbons (Fsp3) is 0.625. The van der Waals surface area contributed by atoms with Crippen molar-refractivity contribution < 1.29 is 4.74 Å². The number of hydrogen-bond donors (Lipinski definition) is 1. The average molecular weight is 262 g/mol. The number of nitrogens with two attached hydrogens (primary N) is 1. The Labute approximate surface area is 116 Å². The summed E-state index contributed by atoms with van der Waals surface area (Å²) in [6.07, 6.45) is 3.59. The van der Waals surface area contributed by atoms with Gasteiger partial charge in [0.05, 0.1) is 7.11 Å². The van der Waals surface area contributed by atoms with Crippen LogP contribution in [0.4, 0.5) is 0 Å². The fourth-order valence-electron chi connectivity index (χ4n) is 2.63. The highest BCUT2D eigenvalue weighted by atomic mass is 16.5. The zero-order valence-corrected chi connectivity index (χ0v) is 12.4. The molecule has 1 saturated carbocycles. The lowest BCUT2D eigenvalue weighted by Gasteiger charge is -2.29. The van der Waals surface area contributed by atoms with Crippen molar-refractivity contribution in [2.45, 2.75) is 32.2 Å². The number of para-hydroxylation sites is 1. The monoisotopic (exact) mass is 262 g/mol. The Hall–Kier alpha value is -1.06. The van der Waals surface area contributed by atoms with Crippen LogP contribution < -0.4 is 10.5 Å². The van der Waals surface area contributed by atoms with Crippen molar-refractivity contribution in [2.75, 3.05) is 27.2 Å². The molecule has 1 fully saturated rings. The third kappa shape index (κ3) is 3.48. The van der Waals surface area contributed by atoms with Crippen molar-refractivity contribution in [3.8, 4) is 5.75 Å². The Bertz CT molecular complexity index is 415. The summed E-state index contributed by atoms with van der Waals surface area (Å²) < 4.78 is 5.42. The van der Waals surface area contributed by atoms with Gasteiger partial charge in [-0.3, -0.25) is 0 Å². The summed E-state index contributed by atoms with van der Waals surface area (Å²) >= 11 is 0. The van der Waals surface area contributed by atoms with Crippen molar-refractivity contribution >= 4 is 0 Å². The maximum Gasteiger partial charge on any atom is 0.122 e. The Morgan fingerprint density at radius 1 is 1.37 bits per heavy atom. The Balaban J connectivity index is 1.94. The molecule has 2 rings (SSSR count). The molecule has 0 spiro atoms. The lowest BCUT2D eigenvalue weighted by atomic mass is 10.0. The van der Waals surface area contributed by atoms with E-state index in [2.05, 4.69) is 31.0 Å². The predicted molar refractivity (Wildman–Crippen MR) is 79.5 cm³/mol. The van der Waals surface area contributed by atoms with Crippen LogP contribution in [0.3, 0.4) is 0 Å². The number of rotatable bonds is 7. The molecule has 0 amide bonds. The molecule has 2 N–H and O–H groups in total. The largest absolute Gasteiger partial charge is 0.496 e. The van der Waals surface area contributed by atoms with Crippen LogP contribution in [0.25, 0.3) is 0 Å². The molecule has 1 unspecified atom stereocenters. The lowest BCUT2D eigenvalue weighted by Crippen LogP contribution is -2.38. The van der Waals surface area contributed by atoms with Gasteiger partial charge in [-0.2, -0.15) is 0 Å². The van der Waals surface area contributed by atoms with Crippen molar-refractivity contribution in [3.63, 3.8) is 0 Å². The third-order valence-corrected chi connectivity index (χ3v) is 4.44. The van der Waals surface area contributed by atoms with Gasteiger partial charge in [-0.05, 0) is 56.8 Å². The molecule has 0 radical (unpaired) electrons. The minimum Gasteiger partial charge on any atom is -0.496 e. The van der Waals surface area contributed by atoms with Crippen LogP contribution in [0.15, 0.2) is 24.3 Å². The van der Waals surface area contributed by atoms with E-state index in [0.29, 0.717) is 11.5 Å². The molecule has 1 aliphatic rings. The molecule has 1 aromatic carbocycles. The topological polar surface area (TPSA) is 38.5 Å². The highest BCUT2D eigenvalue weighted by Crippen LogP contribution is 2.45. The van der Waals surface area contributed by atoms with E-state index in [-0.39, 0.29) is 0 Å². The molecule has 0 aliphatic heterocycles.